The summed E-state index contributed by atoms with van der Waals surface area (Å²) in [7, 11) is 0. The summed E-state index contributed by atoms with van der Waals surface area (Å²) >= 11 is 6.43. The molecule has 1 unspecified atom stereocenters. The van der Waals surface area contributed by atoms with Crippen LogP contribution in [0.2, 0.25) is 5.15 Å². The van der Waals surface area contributed by atoms with E-state index in [1.807, 2.05) is 57.2 Å². The molecular weight excluding hydrogens is 390 g/mol. The number of halogens is 1. The molecule has 3 aromatic rings. The van der Waals surface area contributed by atoms with Crippen LogP contribution in [0.15, 0.2) is 40.8 Å². The van der Waals surface area contributed by atoms with Crippen LogP contribution < -0.4 is 5.73 Å². The molecule has 152 valence electrons. The fourth-order valence-corrected chi connectivity index (χ4v) is 3.89. The van der Waals surface area contributed by atoms with Gasteiger partial charge in [0.25, 0.3) is 0 Å². The Bertz CT molecular complexity index is 1070. The van der Waals surface area contributed by atoms with Gasteiger partial charge in [-0.1, -0.05) is 23.7 Å². The highest BCUT2D eigenvalue weighted by atomic mass is 35.5. The van der Waals surface area contributed by atoms with Gasteiger partial charge >= 0.3 is 6.09 Å². The van der Waals surface area contributed by atoms with Crippen LogP contribution in [0.25, 0.3) is 22.2 Å². The molecule has 1 aliphatic heterocycles. The van der Waals surface area contributed by atoms with E-state index in [1.54, 1.807) is 4.90 Å². The molecule has 1 amide bonds. The number of furan rings is 1. The lowest BCUT2D eigenvalue weighted by Crippen LogP contribution is -2.36. The van der Waals surface area contributed by atoms with Crippen LogP contribution in [0.4, 0.5) is 10.5 Å². The first-order valence-corrected chi connectivity index (χ1v) is 10.0. The maximum Gasteiger partial charge on any atom is 0.410 e. The number of benzene rings is 1. The Morgan fingerprint density at radius 1 is 1.31 bits per heavy atom. The van der Waals surface area contributed by atoms with Gasteiger partial charge in [0.1, 0.15) is 22.0 Å². The van der Waals surface area contributed by atoms with Gasteiger partial charge in [0.15, 0.2) is 5.58 Å². The van der Waals surface area contributed by atoms with Gasteiger partial charge in [-0.15, -0.1) is 0 Å². The summed E-state index contributed by atoms with van der Waals surface area (Å²) in [6, 6.07) is 11.0. The number of nitrogen functional groups attached to an aromatic ring is 1. The van der Waals surface area contributed by atoms with Gasteiger partial charge in [-0.2, -0.15) is 0 Å². The van der Waals surface area contributed by atoms with E-state index in [0.717, 1.165) is 24.0 Å². The molecule has 1 aliphatic rings. The summed E-state index contributed by atoms with van der Waals surface area (Å²) in [6.07, 6.45) is 1.38. The normalized spacial score (nSPS) is 17.1. The molecule has 0 saturated carbocycles. The van der Waals surface area contributed by atoms with Gasteiger partial charge in [0.2, 0.25) is 0 Å². The van der Waals surface area contributed by atoms with Gasteiger partial charge in [0.05, 0.1) is 6.04 Å². The molecular formula is C22H24ClN3O3. The molecule has 1 saturated heterocycles. The number of aromatic nitrogens is 1. The molecule has 1 aromatic carbocycles. The van der Waals surface area contributed by atoms with E-state index < -0.39 is 5.60 Å². The number of ether oxygens (including phenoxy) is 1. The zero-order valence-corrected chi connectivity index (χ0v) is 17.5. The molecule has 6 nitrogen and oxygen atoms in total. The number of hydrogen-bond acceptors (Lipinski definition) is 5. The number of nitrogens with two attached hydrogens (primary N) is 1. The van der Waals surface area contributed by atoms with E-state index >= 15 is 0 Å². The second-order valence-electron chi connectivity index (χ2n) is 8.32. The number of pyridine rings is 1. The van der Waals surface area contributed by atoms with Crippen molar-refractivity contribution in [2.24, 2.45) is 0 Å². The third kappa shape index (κ3) is 4.03. The van der Waals surface area contributed by atoms with Crippen LogP contribution in [-0.4, -0.2) is 28.1 Å². The van der Waals surface area contributed by atoms with Crippen LogP contribution >= 0.6 is 11.6 Å². The van der Waals surface area contributed by atoms with Crippen LogP contribution in [0.1, 0.15) is 45.4 Å². The quantitative estimate of drug-likeness (QED) is 0.424. The predicted molar refractivity (Wildman–Crippen MR) is 114 cm³/mol. The molecule has 0 spiro atoms. The SMILES string of the molecule is CC(C)(C)OC(=O)N1CCCC1c1cc2nc(Cl)c(-c3cccc(N)c3)cc2o1. The van der Waals surface area contributed by atoms with Crippen molar-refractivity contribution in [3.63, 3.8) is 0 Å². The number of rotatable bonds is 2. The number of carbonyl (C=O) groups is 1. The molecule has 0 bridgehead atoms. The maximum absolute atomic E-state index is 12.6. The molecule has 4 rings (SSSR count). The van der Waals surface area contributed by atoms with Crippen molar-refractivity contribution in [1.29, 1.82) is 0 Å². The lowest BCUT2D eigenvalue weighted by molar-refractivity contribution is 0.0209. The lowest BCUT2D eigenvalue weighted by Gasteiger charge is -2.27. The monoisotopic (exact) mass is 413 g/mol. The summed E-state index contributed by atoms with van der Waals surface area (Å²) in [4.78, 5) is 18.8. The third-order valence-electron chi connectivity index (χ3n) is 4.88. The molecule has 1 atom stereocenters. The van der Waals surface area contributed by atoms with E-state index in [4.69, 9.17) is 26.5 Å². The smallest absolute Gasteiger partial charge is 0.410 e. The largest absolute Gasteiger partial charge is 0.457 e. The van der Waals surface area contributed by atoms with Gasteiger partial charge in [-0.3, -0.25) is 4.90 Å². The fraction of sp³-hybridized carbons (Fsp3) is 0.364. The number of fused-ring (bicyclic) bond motifs is 1. The fourth-order valence-electron chi connectivity index (χ4n) is 3.64. The number of anilines is 1. The average molecular weight is 414 g/mol. The van der Waals surface area contributed by atoms with Crippen molar-refractivity contribution in [2.45, 2.75) is 45.3 Å². The molecule has 1 fully saturated rings. The highest BCUT2D eigenvalue weighted by Crippen LogP contribution is 2.38. The minimum Gasteiger partial charge on any atom is -0.457 e. The van der Waals surface area contributed by atoms with Crippen molar-refractivity contribution in [3.05, 3.63) is 47.3 Å². The van der Waals surface area contributed by atoms with E-state index in [9.17, 15) is 4.79 Å². The Labute approximate surface area is 174 Å². The molecule has 29 heavy (non-hydrogen) atoms. The first kappa shape index (κ1) is 19.6. The summed E-state index contributed by atoms with van der Waals surface area (Å²) in [5, 5.41) is 0.380. The van der Waals surface area contributed by atoms with Crippen molar-refractivity contribution >= 4 is 34.5 Å². The minimum atomic E-state index is -0.542. The standard InChI is InChI=1S/C22H24ClN3O3/c1-22(2,3)29-21(27)26-9-5-8-17(26)19-12-16-18(28-19)11-15(20(23)25-16)13-6-4-7-14(24)10-13/h4,6-7,10-12,17H,5,8-9,24H2,1-3H3. The van der Waals surface area contributed by atoms with Crippen molar-refractivity contribution in [2.75, 3.05) is 12.3 Å². The van der Waals surface area contributed by atoms with Crippen molar-refractivity contribution < 1.29 is 13.9 Å². The number of amides is 1. The molecule has 2 aromatic heterocycles. The van der Waals surface area contributed by atoms with Crippen LogP contribution in [0, 0.1) is 0 Å². The van der Waals surface area contributed by atoms with Crippen LogP contribution in [0.5, 0.6) is 0 Å². The lowest BCUT2D eigenvalue weighted by atomic mass is 10.1. The molecule has 7 heteroatoms. The Hall–Kier alpha value is -2.73. The Morgan fingerprint density at radius 2 is 2.10 bits per heavy atom. The Balaban J connectivity index is 1.68. The number of nitrogens with zero attached hydrogens (tertiary/aromatic N) is 2. The van der Waals surface area contributed by atoms with Crippen molar-refractivity contribution in [3.8, 4) is 11.1 Å². The Kier molecular flexibility index (Phi) is 4.90. The number of hydrogen-bond donors (Lipinski definition) is 1. The van der Waals surface area contributed by atoms with Gasteiger partial charge < -0.3 is 14.9 Å². The summed E-state index contributed by atoms with van der Waals surface area (Å²) < 4.78 is 11.7. The van der Waals surface area contributed by atoms with Gasteiger partial charge in [-0.05, 0) is 57.4 Å². The Morgan fingerprint density at radius 3 is 2.83 bits per heavy atom. The van der Waals surface area contributed by atoms with E-state index in [-0.39, 0.29) is 12.1 Å². The number of likely N-dealkylation sites (tertiary alicyclic amines) is 1. The summed E-state index contributed by atoms with van der Waals surface area (Å²) in [6.45, 7) is 6.22. The maximum atomic E-state index is 12.6. The molecule has 0 aliphatic carbocycles. The van der Waals surface area contributed by atoms with E-state index in [0.29, 0.717) is 34.2 Å². The van der Waals surface area contributed by atoms with Gasteiger partial charge in [-0.25, -0.2) is 9.78 Å². The molecule has 0 radical (unpaired) electrons. The highest BCUT2D eigenvalue weighted by molar-refractivity contribution is 6.32. The van der Waals surface area contributed by atoms with Crippen LogP contribution in [-0.2, 0) is 4.74 Å². The third-order valence-corrected chi connectivity index (χ3v) is 5.17. The van der Waals surface area contributed by atoms with Gasteiger partial charge in [0, 0.05) is 23.9 Å². The second kappa shape index (κ2) is 7.26. The zero-order valence-electron chi connectivity index (χ0n) is 16.7. The van der Waals surface area contributed by atoms with E-state index in [1.165, 1.54) is 0 Å². The van der Waals surface area contributed by atoms with Crippen molar-refractivity contribution in [1.82, 2.24) is 9.88 Å². The van der Waals surface area contributed by atoms with E-state index in [2.05, 4.69) is 4.98 Å². The first-order chi connectivity index (χ1) is 13.7. The molecule has 2 N–H and O–H groups in total. The number of carbonyl (C=O) groups excluding carboxylic acids is 1. The minimum absolute atomic E-state index is 0.173. The summed E-state index contributed by atoms with van der Waals surface area (Å²) in [5.74, 6) is 0.691. The summed E-state index contributed by atoms with van der Waals surface area (Å²) in [5.41, 5.74) is 8.92. The zero-order chi connectivity index (χ0) is 20.8. The first-order valence-electron chi connectivity index (χ1n) is 9.67. The second-order valence-corrected chi connectivity index (χ2v) is 8.67. The molecule has 3 heterocycles. The predicted octanol–water partition coefficient (Wildman–Crippen LogP) is 5.80. The average Bonchev–Trinajstić information content (AvgIpc) is 3.25. The topological polar surface area (TPSA) is 81.6 Å². The van der Waals surface area contributed by atoms with Crippen LogP contribution in [0.3, 0.4) is 0 Å². The highest BCUT2D eigenvalue weighted by Gasteiger charge is 2.35.